The van der Waals surface area contributed by atoms with E-state index in [1.54, 1.807) is 0 Å². The van der Waals surface area contributed by atoms with Crippen molar-refractivity contribution in [3.05, 3.63) is 0 Å². The van der Waals surface area contributed by atoms with Gasteiger partial charge in [-0.15, -0.1) is 0 Å². The molecule has 0 aromatic rings. The smallest absolute Gasteiger partial charge is 0.381 e. The number of aliphatic hydroxyl groups is 5. The molecule has 0 radical (unpaired) electrons. The molecule has 0 aliphatic carbocycles. The van der Waals surface area contributed by atoms with E-state index in [1.165, 1.54) is 0 Å². The first kappa shape index (κ1) is 11.7. The van der Waals surface area contributed by atoms with Gasteiger partial charge < -0.3 is 30.3 Å². The molecule has 1 aliphatic rings. The number of hydrogen-bond acceptors (Lipinski definition) is 6. The third-order valence-corrected chi connectivity index (χ3v) is 2.02. The molecule has 6 nitrogen and oxygen atoms in total. The van der Waals surface area contributed by atoms with Crippen LogP contribution in [-0.2, 0) is 4.74 Å². The summed E-state index contributed by atoms with van der Waals surface area (Å²) in [6.07, 6.45) is -6.40. The summed E-state index contributed by atoms with van der Waals surface area (Å²) in [5.74, 6) is -4.15. The summed E-state index contributed by atoms with van der Waals surface area (Å²) in [5.41, 5.74) is 0. The van der Waals surface area contributed by atoms with Crippen LogP contribution in [0.2, 0.25) is 0 Å². The van der Waals surface area contributed by atoms with Gasteiger partial charge in [-0.05, 0) is 0 Å². The summed E-state index contributed by atoms with van der Waals surface area (Å²) in [7, 11) is 0. The van der Waals surface area contributed by atoms with Crippen molar-refractivity contribution in [2.75, 3.05) is 6.61 Å². The van der Waals surface area contributed by atoms with E-state index in [-0.39, 0.29) is 0 Å². The molecular formula is C6H10F2O6. The second-order valence-electron chi connectivity index (χ2n) is 3.01. The van der Waals surface area contributed by atoms with Crippen LogP contribution in [0.15, 0.2) is 0 Å². The minimum absolute atomic E-state index is 0.958. The summed E-state index contributed by atoms with van der Waals surface area (Å²) in [6.45, 7) is -0.958. The maximum atomic E-state index is 12.9. The molecule has 14 heavy (non-hydrogen) atoms. The topological polar surface area (TPSA) is 110 Å². The lowest BCUT2D eigenvalue weighted by Crippen LogP contribution is -2.69. The van der Waals surface area contributed by atoms with Crippen molar-refractivity contribution in [3.63, 3.8) is 0 Å². The van der Waals surface area contributed by atoms with E-state index in [4.69, 9.17) is 25.5 Å². The normalized spacial score (nSPS) is 54.6. The van der Waals surface area contributed by atoms with Crippen LogP contribution in [0.5, 0.6) is 0 Å². The van der Waals surface area contributed by atoms with Crippen LogP contribution in [-0.4, -0.2) is 62.3 Å². The van der Waals surface area contributed by atoms with Crippen molar-refractivity contribution >= 4 is 0 Å². The van der Waals surface area contributed by atoms with Gasteiger partial charge in [-0.2, -0.15) is 8.78 Å². The summed E-state index contributed by atoms with van der Waals surface area (Å²) in [5, 5.41) is 43.6. The summed E-state index contributed by atoms with van der Waals surface area (Å²) in [6, 6.07) is -4.18. The zero-order chi connectivity index (χ0) is 11.1. The van der Waals surface area contributed by atoms with Crippen molar-refractivity contribution in [3.8, 4) is 0 Å². The molecule has 1 fully saturated rings. The largest absolute Gasteiger partial charge is 0.394 e. The Morgan fingerprint density at radius 1 is 1.21 bits per heavy atom. The van der Waals surface area contributed by atoms with Gasteiger partial charge in [0.1, 0.15) is 18.3 Å². The second-order valence-corrected chi connectivity index (χ2v) is 3.01. The molecule has 5 atom stereocenters. The van der Waals surface area contributed by atoms with E-state index >= 15 is 0 Å². The Kier molecular flexibility index (Phi) is 2.78. The van der Waals surface area contributed by atoms with Crippen molar-refractivity contribution in [2.24, 2.45) is 0 Å². The predicted molar refractivity (Wildman–Crippen MR) is 36.1 cm³/mol. The van der Waals surface area contributed by atoms with Crippen LogP contribution in [0.1, 0.15) is 0 Å². The Hall–Kier alpha value is -0.380. The van der Waals surface area contributed by atoms with Crippen LogP contribution in [0.4, 0.5) is 8.78 Å². The number of aliphatic hydroxyl groups excluding tert-OH is 3. The maximum Gasteiger partial charge on any atom is 0.381 e. The standard InChI is InChI=1S/C6H10F2O6/c7-5(12)4(11)3(10)2(1-9)14-6(5,8)13/h2-4,9-13H,1H2/t2-,3-,4+,5-,6-/m1/s1. The fraction of sp³-hybridized carbons (Fsp3) is 1.00. The summed E-state index contributed by atoms with van der Waals surface area (Å²) in [4.78, 5) is 0. The molecule has 5 N–H and O–H groups in total. The van der Waals surface area contributed by atoms with Gasteiger partial charge in [0.15, 0.2) is 0 Å². The van der Waals surface area contributed by atoms with Crippen LogP contribution in [0.3, 0.4) is 0 Å². The number of hydrogen-bond donors (Lipinski definition) is 5. The molecule has 0 spiro atoms. The molecule has 0 amide bonds. The van der Waals surface area contributed by atoms with Crippen LogP contribution >= 0.6 is 0 Å². The minimum atomic E-state index is -4.18. The Morgan fingerprint density at radius 3 is 2.14 bits per heavy atom. The quantitative estimate of drug-likeness (QED) is 0.328. The zero-order valence-corrected chi connectivity index (χ0v) is 6.84. The van der Waals surface area contributed by atoms with Crippen molar-refractivity contribution in [1.29, 1.82) is 0 Å². The zero-order valence-electron chi connectivity index (χ0n) is 6.84. The van der Waals surface area contributed by atoms with Gasteiger partial charge in [0.2, 0.25) is 0 Å². The molecular weight excluding hydrogens is 206 g/mol. The van der Waals surface area contributed by atoms with Crippen LogP contribution in [0.25, 0.3) is 0 Å². The van der Waals surface area contributed by atoms with E-state index in [1.807, 2.05) is 0 Å². The van der Waals surface area contributed by atoms with Gasteiger partial charge in [0, 0.05) is 0 Å². The molecule has 0 bridgehead atoms. The number of ether oxygens (including phenoxy) is 1. The maximum absolute atomic E-state index is 12.9. The monoisotopic (exact) mass is 216 g/mol. The molecule has 0 unspecified atom stereocenters. The number of alkyl halides is 2. The number of halogens is 2. The first-order valence-electron chi connectivity index (χ1n) is 3.71. The predicted octanol–water partition coefficient (Wildman–Crippen LogP) is -2.63. The highest BCUT2D eigenvalue weighted by atomic mass is 19.2. The minimum Gasteiger partial charge on any atom is -0.394 e. The van der Waals surface area contributed by atoms with Gasteiger partial charge in [-0.3, -0.25) is 0 Å². The third kappa shape index (κ3) is 1.49. The Balaban J connectivity index is 2.95. The fourth-order valence-electron chi connectivity index (χ4n) is 1.11. The lowest BCUT2D eigenvalue weighted by molar-refractivity contribution is -0.471. The summed E-state index contributed by atoms with van der Waals surface area (Å²) < 4.78 is 29.6. The van der Waals surface area contributed by atoms with Gasteiger partial charge in [-0.1, -0.05) is 0 Å². The van der Waals surface area contributed by atoms with Crippen molar-refractivity contribution in [1.82, 2.24) is 0 Å². The molecule has 1 heterocycles. The average Bonchev–Trinajstić information content (AvgIpc) is 2.09. The van der Waals surface area contributed by atoms with Crippen LogP contribution in [0, 0.1) is 0 Å². The van der Waals surface area contributed by atoms with Crippen molar-refractivity contribution < 1.29 is 39.1 Å². The number of rotatable bonds is 1. The van der Waals surface area contributed by atoms with E-state index in [0.717, 1.165) is 0 Å². The van der Waals surface area contributed by atoms with Gasteiger partial charge in [0.25, 0.3) is 0 Å². The van der Waals surface area contributed by atoms with Gasteiger partial charge in [-0.25, -0.2) is 0 Å². The Morgan fingerprint density at radius 2 is 1.71 bits per heavy atom. The molecule has 84 valence electrons. The molecule has 1 aliphatic heterocycles. The molecule has 0 saturated carbocycles. The van der Waals surface area contributed by atoms with Gasteiger partial charge >= 0.3 is 11.9 Å². The van der Waals surface area contributed by atoms with E-state index in [9.17, 15) is 8.78 Å². The van der Waals surface area contributed by atoms with Crippen molar-refractivity contribution in [2.45, 2.75) is 30.2 Å². The Labute approximate surface area is 77.0 Å². The highest BCUT2D eigenvalue weighted by Gasteiger charge is 2.66. The lowest BCUT2D eigenvalue weighted by atomic mass is 9.96. The summed E-state index contributed by atoms with van der Waals surface area (Å²) >= 11 is 0. The molecule has 1 saturated heterocycles. The molecule has 0 aromatic carbocycles. The highest BCUT2D eigenvalue weighted by molar-refractivity contribution is 4.96. The first-order chi connectivity index (χ1) is 6.24. The second kappa shape index (κ2) is 3.33. The van der Waals surface area contributed by atoms with Crippen LogP contribution < -0.4 is 0 Å². The Bertz CT molecular complexity index is 220. The average molecular weight is 216 g/mol. The molecule has 1 rings (SSSR count). The van der Waals surface area contributed by atoms with E-state index < -0.39 is 36.8 Å². The SMILES string of the molecule is OC[C@H]1O[C@@](O)(F)[C@@](O)(F)[C@@H](O)[C@@H]1O. The highest BCUT2D eigenvalue weighted by Crippen LogP contribution is 2.38. The van der Waals surface area contributed by atoms with Gasteiger partial charge in [0.05, 0.1) is 6.61 Å². The lowest BCUT2D eigenvalue weighted by Gasteiger charge is -2.43. The first-order valence-corrected chi connectivity index (χ1v) is 3.71. The van der Waals surface area contributed by atoms with E-state index in [0.29, 0.717) is 0 Å². The molecule has 8 heteroatoms. The van der Waals surface area contributed by atoms with E-state index in [2.05, 4.69) is 4.74 Å². The molecule has 0 aromatic heterocycles. The fourth-order valence-corrected chi connectivity index (χ4v) is 1.11. The third-order valence-electron chi connectivity index (χ3n) is 2.02.